The van der Waals surface area contributed by atoms with Gasteiger partial charge in [-0.2, -0.15) is 13.2 Å². The van der Waals surface area contributed by atoms with Crippen LogP contribution in [0.4, 0.5) is 36.8 Å². The number of alkyl halides is 3. The zero-order chi connectivity index (χ0) is 25.5. The lowest BCUT2D eigenvalue weighted by Crippen LogP contribution is -2.52. The van der Waals surface area contributed by atoms with Crippen molar-refractivity contribution in [2.24, 2.45) is 5.73 Å². The monoisotopic (exact) mass is 500 g/mol. The molecule has 0 aliphatic carbocycles. The molecule has 12 heteroatoms. The van der Waals surface area contributed by atoms with Gasteiger partial charge in [0.1, 0.15) is 5.82 Å². The second-order valence-electron chi connectivity index (χ2n) is 8.74. The molecule has 2 aliphatic heterocycles. The average Bonchev–Trinajstić information content (AvgIpc) is 3.38. The van der Waals surface area contributed by atoms with E-state index in [-0.39, 0.29) is 55.2 Å². The van der Waals surface area contributed by atoms with Crippen molar-refractivity contribution in [1.82, 2.24) is 9.80 Å². The highest BCUT2D eigenvalue weighted by Crippen LogP contribution is 2.36. The van der Waals surface area contributed by atoms with Crippen LogP contribution in [-0.4, -0.2) is 53.0 Å². The summed E-state index contributed by atoms with van der Waals surface area (Å²) in [6.07, 6.45) is -4.51. The summed E-state index contributed by atoms with van der Waals surface area (Å²) in [5, 5.41) is 2.31. The van der Waals surface area contributed by atoms with Gasteiger partial charge in [-0.3, -0.25) is 4.79 Å². The number of amides is 3. The van der Waals surface area contributed by atoms with Gasteiger partial charge in [-0.1, -0.05) is 12.1 Å². The zero-order valence-electron chi connectivity index (χ0n) is 18.3. The molecular weight excluding hydrogens is 478 g/mol. The summed E-state index contributed by atoms with van der Waals surface area (Å²) in [5.41, 5.74) is 4.49. The van der Waals surface area contributed by atoms with Crippen LogP contribution in [0.2, 0.25) is 0 Å². The van der Waals surface area contributed by atoms with E-state index in [0.717, 1.165) is 6.07 Å². The molecule has 2 heterocycles. The maximum Gasteiger partial charge on any atom is 0.418 e. The van der Waals surface area contributed by atoms with Gasteiger partial charge in [0.2, 0.25) is 5.91 Å². The molecule has 6 nitrogen and oxygen atoms in total. The Labute approximate surface area is 196 Å². The molecule has 0 spiro atoms. The van der Waals surface area contributed by atoms with Gasteiger partial charge in [0.05, 0.1) is 23.3 Å². The summed E-state index contributed by atoms with van der Waals surface area (Å²) in [4.78, 5) is 28.3. The van der Waals surface area contributed by atoms with E-state index in [1.54, 1.807) is 4.90 Å². The van der Waals surface area contributed by atoms with Crippen molar-refractivity contribution in [1.29, 1.82) is 0 Å². The van der Waals surface area contributed by atoms with Crippen LogP contribution in [0.5, 0.6) is 0 Å². The molecule has 2 saturated heterocycles. The van der Waals surface area contributed by atoms with E-state index in [2.05, 4.69) is 5.32 Å². The number of anilines is 1. The van der Waals surface area contributed by atoms with Crippen LogP contribution in [0, 0.1) is 17.5 Å². The number of urea groups is 1. The van der Waals surface area contributed by atoms with Crippen LogP contribution in [0.15, 0.2) is 36.4 Å². The Morgan fingerprint density at radius 3 is 2.29 bits per heavy atom. The first-order valence-electron chi connectivity index (χ1n) is 10.9. The highest BCUT2D eigenvalue weighted by atomic mass is 19.4. The lowest BCUT2D eigenvalue weighted by molar-refractivity contribution is -0.137. The first kappa shape index (κ1) is 24.8. The summed E-state index contributed by atoms with van der Waals surface area (Å²) in [6, 6.07) is 3.55. The van der Waals surface area contributed by atoms with Crippen LogP contribution in [-0.2, 0) is 17.4 Å². The number of nitrogens with one attached hydrogen (secondary N) is 1. The number of rotatable bonds is 5. The Hall–Kier alpha value is -3.28. The molecule has 0 aromatic heterocycles. The fourth-order valence-electron chi connectivity index (χ4n) is 4.66. The third kappa shape index (κ3) is 5.21. The van der Waals surface area contributed by atoms with E-state index in [1.807, 2.05) is 0 Å². The highest BCUT2D eigenvalue weighted by Gasteiger charge is 2.47. The van der Waals surface area contributed by atoms with Gasteiger partial charge < -0.3 is 20.9 Å². The molecule has 0 unspecified atom stereocenters. The van der Waals surface area contributed by atoms with E-state index in [0.29, 0.717) is 18.6 Å². The molecular formula is C23H22F6N4O2. The molecule has 2 fully saturated rings. The van der Waals surface area contributed by atoms with Crippen LogP contribution in [0.25, 0.3) is 0 Å². The van der Waals surface area contributed by atoms with E-state index >= 15 is 0 Å². The van der Waals surface area contributed by atoms with E-state index in [9.17, 15) is 35.9 Å². The van der Waals surface area contributed by atoms with Crippen LogP contribution >= 0.6 is 0 Å². The Bertz CT molecular complexity index is 1140. The number of nitrogens with zero attached hydrogens (tertiary/aromatic N) is 2. The van der Waals surface area contributed by atoms with E-state index in [1.165, 1.54) is 23.1 Å². The maximum absolute atomic E-state index is 13.9. The number of piperazine rings is 1. The molecule has 0 radical (unpaired) electrons. The van der Waals surface area contributed by atoms with Crippen molar-refractivity contribution in [3.05, 3.63) is 65.0 Å². The largest absolute Gasteiger partial charge is 0.418 e. The summed E-state index contributed by atoms with van der Waals surface area (Å²) in [7, 11) is 0. The molecule has 35 heavy (non-hydrogen) atoms. The standard InChI is InChI=1S/C23H22F6N4O2/c24-17-9-19(26)18(25)6-12(17)5-13(30)7-21(34)32-10-15-8-14(32)11-33(15)22(35)31-20-4-2-1-3-16(20)23(27,28)29/h1-4,6,9,13-15H,5,7-8,10-11,30H2,(H,31,35)/t13-,14-,15+/m1/s1. The maximum atomic E-state index is 13.9. The van der Waals surface area contributed by atoms with Crippen molar-refractivity contribution < 1.29 is 35.9 Å². The summed E-state index contributed by atoms with van der Waals surface area (Å²) < 4.78 is 79.9. The number of fused-ring (bicyclic) bond motifs is 2. The van der Waals surface area contributed by atoms with Crippen LogP contribution < -0.4 is 11.1 Å². The predicted octanol–water partition coefficient (Wildman–Crippen LogP) is 3.90. The number of nitrogens with two attached hydrogens (primary N) is 1. The SMILES string of the molecule is N[C@@H](CC(=O)N1C[C@@H]2C[C@@H]1CN2C(=O)Nc1ccccc1C(F)(F)F)Cc1cc(F)c(F)cc1F. The zero-order valence-corrected chi connectivity index (χ0v) is 18.3. The van der Waals surface area contributed by atoms with Gasteiger partial charge in [-0.25, -0.2) is 18.0 Å². The molecule has 3 amide bonds. The van der Waals surface area contributed by atoms with Gasteiger partial charge in [0.25, 0.3) is 0 Å². The van der Waals surface area contributed by atoms with Crippen molar-refractivity contribution in [2.75, 3.05) is 18.4 Å². The van der Waals surface area contributed by atoms with Gasteiger partial charge in [0.15, 0.2) is 11.6 Å². The summed E-state index contributed by atoms with van der Waals surface area (Å²) in [5.74, 6) is -3.83. The Morgan fingerprint density at radius 1 is 1.00 bits per heavy atom. The molecule has 2 aromatic carbocycles. The minimum absolute atomic E-state index is 0.142. The molecule has 3 N–H and O–H groups in total. The first-order valence-corrected chi connectivity index (χ1v) is 10.9. The van der Waals surface area contributed by atoms with Crippen molar-refractivity contribution in [3.63, 3.8) is 0 Å². The predicted molar refractivity (Wildman–Crippen MR) is 114 cm³/mol. The van der Waals surface area contributed by atoms with Crippen molar-refractivity contribution in [2.45, 2.75) is 43.6 Å². The minimum atomic E-state index is -4.63. The topological polar surface area (TPSA) is 78.7 Å². The Balaban J connectivity index is 1.33. The number of likely N-dealkylation sites (tertiary alicyclic amines) is 2. The fraction of sp³-hybridized carbons (Fsp3) is 0.391. The molecule has 2 aliphatic rings. The number of para-hydroxylation sites is 1. The highest BCUT2D eigenvalue weighted by molar-refractivity contribution is 5.91. The second kappa shape index (κ2) is 9.40. The summed E-state index contributed by atoms with van der Waals surface area (Å²) >= 11 is 0. The van der Waals surface area contributed by atoms with Crippen molar-refractivity contribution in [3.8, 4) is 0 Å². The third-order valence-corrected chi connectivity index (χ3v) is 6.30. The molecule has 2 bridgehead atoms. The number of hydrogen-bond acceptors (Lipinski definition) is 3. The normalized spacial score (nSPS) is 20.3. The molecule has 2 aromatic rings. The Morgan fingerprint density at radius 2 is 1.63 bits per heavy atom. The Kier molecular flexibility index (Phi) is 6.67. The lowest BCUT2D eigenvalue weighted by Gasteiger charge is -2.35. The van der Waals surface area contributed by atoms with E-state index in [4.69, 9.17) is 5.73 Å². The molecule has 188 valence electrons. The second-order valence-corrected chi connectivity index (χ2v) is 8.74. The number of carbonyl (C=O) groups is 2. The molecule has 4 rings (SSSR count). The van der Waals surface area contributed by atoms with Gasteiger partial charge in [-0.05, 0) is 36.6 Å². The smallest absolute Gasteiger partial charge is 0.336 e. The average molecular weight is 500 g/mol. The number of hydrogen-bond donors (Lipinski definition) is 2. The number of halogens is 6. The van der Waals surface area contributed by atoms with Crippen LogP contribution in [0.3, 0.4) is 0 Å². The first-order chi connectivity index (χ1) is 16.4. The fourth-order valence-corrected chi connectivity index (χ4v) is 4.66. The molecule has 3 atom stereocenters. The lowest BCUT2D eigenvalue weighted by atomic mass is 10.0. The van der Waals surface area contributed by atoms with Crippen LogP contribution in [0.1, 0.15) is 24.0 Å². The third-order valence-electron chi connectivity index (χ3n) is 6.30. The van der Waals surface area contributed by atoms with Gasteiger partial charge in [0, 0.05) is 31.6 Å². The van der Waals surface area contributed by atoms with Gasteiger partial charge in [-0.15, -0.1) is 0 Å². The van der Waals surface area contributed by atoms with E-state index < -0.39 is 41.3 Å². The number of benzene rings is 2. The van der Waals surface area contributed by atoms with Gasteiger partial charge >= 0.3 is 12.2 Å². The number of carbonyl (C=O) groups excluding carboxylic acids is 2. The quantitative estimate of drug-likeness (QED) is 0.483. The summed E-state index contributed by atoms with van der Waals surface area (Å²) in [6.45, 7) is 0.327. The molecule has 0 saturated carbocycles. The minimum Gasteiger partial charge on any atom is -0.336 e. The van der Waals surface area contributed by atoms with Crippen molar-refractivity contribution >= 4 is 17.6 Å².